The molecule has 0 amide bonds. The van der Waals surface area contributed by atoms with E-state index >= 15 is 0 Å². The van der Waals surface area contributed by atoms with Gasteiger partial charge in [-0.25, -0.2) is 9.97 Å². The summed E-state index contributed by atoms with van der Waals surface area (Å²) in [5.74, 6) is 1.25. The van der Waals surface area contributed by atoms with E-state index in [9.17, 15) is 5.11 Å². The van der Waals surface area contributed by atoms with Gasteiger partial charge in [0.1, 0.15) is 17.9 Å². The van der Waals surface area contributed by atoms with Gasteiger partial charge in [-0.2, -0.15) is 0 Å². The molecule has 0 atom stereocenters. The second kappa shape index (κ2) is 10.2. The summed E-state index contributed by atoms with van der Waals surface area (Å²) < 4.78 is 7.48. The van der Waals surface area contributed by atoms with Gasteiger partial charge in [-0.15, -0.1) is 0 Å². The van der Waals surface area contributed by atoms with E-state index in [0.29, 0.717) is 5.82 Å². The molecule has 0 bridgehead atoms. The Labute approximate surface area is 198 Å². The molecule has 5 N–H and O–H groups in total. The molecule has 3 heterocycles. The Balaban J connectivity index is 0.00000274. The molecule has 2 aromatic carbocycles. The number of hydrogen-bond acceptors (Lipinski definition) is 6. The van der Waals surface area contributed by atoms with Crippen molar-refractivity contribution in [3.05, 3.63) is 66.6 Å². The zero-order valence-corrected chi connectivity index (χ0v) is 19.3. The predicted molar refractivity (Wildman–Crippen MR) is 134 cm³/mol. The summed E-state index contributed by atoms with van der Waals surface area (Å²) in [6.07, 6.45) is 6.19. The summed E-state index contributed by atoms with van der Waals surface area (Å²) >= 11 is 0. The molecular weight excluding hydrogens is 430 g/mol. The van der Waals surface area contributed by atoms with Crippen molar-refractivity contribution in [3.63, 3.8) is 0 Å². The van der Waals surface area contributed by atoms with E-state index in [0.717, 1.165) is 72.5 Å². The topological polar surface area (TPSA) is 121 Å². The van der Waals surface area contributed by atoms with Crippen LogP contribution in [-0.4, -0.2) is 62.9 Å². The number of benzene rings is 2. The molecule has 8 nitrogen and oxygen atoms in total. The van der Waals surface area contributed by atoms with Gasteiger partial charge in [-0.1, -0.05) is 24.3 Å². The molecule has 0 spiro atoms. The fraction of sp³-hybridized carbons (Fsp3) is 0.308. The van der Waals surface area contributed by atoms with Crippen LogP contribution in [0.1, 0.15) is 18.4 Å². The van der Waals surface area contributed by atoms with E-state index in [4.69, 9.17) is 10.5 Å². The standard InChI is InChI=1S/C26H29N5O2.H2O/c1-33-22-4-2-3-19(15-22)23-16-31(26-24(23)25(27)28-17-29-26)20-7-5-18(6-8-20)9-12-30-13-10-21(32)11-14-30;/h2-8,15-17,21,32H,9-14H2,1H3,(H2,27,28,29);1H2. The molecule has 5 rings (SSSR count). The molecule has 1 aliphatic heterocycles. The van der Waals surface area contributed by atoms with Crippen LogP contribution in [0, 0.1) is 0 Å². The zero-order valence-electron chi connectivity index (χ0n) is 19.3. The highest BCUT2D eigenvalue weighted by Gasteiger charge is 2.18. The minimum absolute atomic E-state index is 0. The van der Waals surface area contributed by atoms with Crippen LogP contribution in [0.3, 0.4) is 0 Å². The fourth-order valence-corrected chi connectivity index (χ4v) is 4.54. The third-order valence-corrected chi connectivity index (χ3v) is 6.48. The summed E-state index contributed by atoms with van der Waals surface area (Å²) in [6, 6.07) is 16.5. The second-order valence-corrected chi connectivity index (χ2v) is 8.59. The zero-order chi connectivity index (χ0) is 22.8. The highest BCUT2D eigenvalue weighted by atomic mass is 16.5. The quantitative estimate of drug-likeness (QED) is 0.455. The summed E-state index contributed by atoms with van der Waals surface area (Å²) in [4.78, 5) is 11.2. The normalized spacial score (nSPS) is 14.8. The molecule has 1 aliphatic rings. The Hall–Kier alpha value is -3.46. The average Bonchev–Trinajstić information content (AvgIpc) is 3.25. The Morgan fingerprint density at radius 3 is 2.59 bits per heavy atom. The van der Waals surface area contributed by atoms with Gasteiger partial charge in [0.25, 0.3) is 0 Å². The van der Waals surface area contributed by atoms with Crippen LogP contribution < -0.4 is 10.5 Å². The maximum atomic E-state index is 9.69. The number of anilines is 1. The largest absolute Gasteiger partial charge is 0.497 e. The Kier molecular flexibility index (Phi) is 7.12. The smallest absolute Gasteiger partial charge is 0.150 e. The molecule has 0 saturated carbocycles. The molecule has 8 heteroatoms. The first kappa shape index (κ1) is 23.7. The van der Waals surface area contributed by atoms with Crippen molar-refractivity contribution in [2.75, 3.05) is 32.5 Å². The van der Waals surface area contributed by atoms with Gasteiger partial charge >= 0.3 is 0 Å². The number of aromatic nitrogens is 3. The summed E-state index contributed by atoms with van der Waals surface area (Å²) in [5.41, 5.74) is 11.4. The van der Waals surface area contributed by atoms with Gasteiger partial charge in [0.2, 0.25) is 0 Å². The second-order valence-electron chi connectivity index (χ2n) is 8.59. The van der Waals surface area contributed by atoms with E-state index in [1.165, 1.54) is 11.9 Å². The third-order valence-electron chi connectivity index (χ3n) is 6.48. The Bertz CT molecular complexity index is 1250. The number of nitrogens with two attached hydrogens (primary N) is 1. The van der Waals surface area contributed by atoms with E-state index in [1.807, 2.05) is 24.3 Å². The molecular formula is C26H31N5O3. The SMILES string of the molecule is COc1cccc(-c2cn(-c3ccc(CCN4CCC(O)CC4)cc3)c3ncnc(N)c23)c1.O. The van der Waals surface area contributed by atoms with E-state index in [2.05, 4.69) is 49.9 Å². The lowest BCUT2D eigenvalue weighted by Crippen LogP contribution is -2.37. The molecule has 2 aromatic heterocycles. The maximum absolute atomic E-state index is 9.69. The number of nitrogen functional groups attached to an aromatic ring is 1. The number of nitrogens with zero attached hydrogens (tertiary/aromatic N) is 4. The molecule has 34 heavy (non-hydrogen) atoms. The van der Waals surface area contributed by atoms with Crippen molar-refractivity contribution < 1.29 is 15.3 Å². The van der Waals surface area contributed by atoms with E-state index in [-0.39, 0.29) is 11.6 Å². The van der Waals surface area contributed by atoms with Crippen molar-refractivity contribution in [2.45, 2.75) is 25.4 Å². The molecule has 0 radical (unpaired) electrons. The predicted octanol–water partition coefficient (Wildman–Crippen LogP) is 2.85. The number of aliphatic hydroxyl groups is 1. The first-order valence-corrected chi connectivity index (χ1v) is 11.4. The van der Waals surface area contributed by atoms with Gasteiger partial charge in [-0.05, 0) is 54.7 Å². The number of rotatable bonds is 6. The highest BCUT2D eigenvalue weighted by Crippen LogP contribution is 2.35. The van der Waals surface area contributed by atoms with Crippen LogP contribution in [0.15, 0.2) is 61.1 Å². The number of aliphatic hydroxyl groups excluding tert-OH is 1. The number of ether oxygens (including phenoxy) is 1. The molecule has 4 aromatic rings. The lowest BCUT2D eigenvalue weighted by Gasteiger charge is -2.29. The van der Waals surface area contributed by atoms with Crippen LogP contribution >= 0.6 is 0 Å². The molecule has 178 valence electrons. The first-order chi connectivity index (χ1) is 16.1. The highest BCUT2D eigenvalue weighted by molar-refractivity contribution is 6.01. The minimum Gasteiger partial charge on any atom is -0.497 e. The van der Waals surface area contributed by atoms with Gasteiger partial charge in [0, 0.05) is 37.1 Å². The Morgan fingerprint density at radius 2 is 1.85 bits per heavy atom. The molecule has 1 fully saturated rings. The van der Waals surface area contributed by atoms with E-state index < -0.39 is 0 Å². The number of piperidine rings is 1. The number of likely N-dealkylation sites (tertiary alicyclic amines) is 1. The number of hydrogen-bond donors (Lipinski definition) is 2. The monoisotopic (exact) mass is 461 g/mol. The summed E-state index contributed by atoms with van der Waals surface area (Å²) in [5, 5.41) is 10.5. The van der Waals surface area contributed by atoms with Crippen LogP contribution in [0.4, 0.5) is 5.82 Å². The number of methoxy groups -OCH3 is 1. The van der Waals surface area contributed by atoms with Crippen LogP contribution in [-0.2, 0) is 6.42 Å². The maximum Gasteiger partial charge on any atom is 0.150 e. The van der Waals surface area contributed by atoms with Gasteiger partial charge in [0.05, 0.1) is 18.6 Å². The van der Waals surface area contributed by atoms with Gasteiger partial charge in [0.15, 0.2) is 5.65 Å². The van der Waals surface area contributed by atoms with Crippen LogP contribution in [0.5, 0.6) is 5.75 Å². The summed E-state index contributed by atoms with van der Waals surface area (Å²) in [6.45, 7) is 2.97. The summed E-state index contributed by atoms with van der Waals surface area (Å²) in [7, 11) is 1.66. The Morgan fingerprint density at radius 1 is 1.09 bits per heavy atom. The van der Waals surface area contributed by atoms with Gasteiger partial charge in [-0.3, -0.25) is 0 Å². The van der Waals surface area contributed by atoms with Crippen molar-refractivity contribution in [1.82, 2.24) is 19.4 Å². The fourth-order valence-electron chi connectivity index (χ4n) is 4.54. The lowest BCUT2D eigenvalue weighted by molar-refractivity contribution is 0.0832. The van der Waals surface area contributed by atoms with Crippen LogP contribution in [0.25, 0.3) is 27.8 Å². The number of fused-ring (bicyclic) bond motifs is 1. The van der Waals surface area contributed by atoms with Crippen molar-refractivity contribution in [3.8, 4) is 22.6 Å². The van der Waals surface area contributed by atoms with Gasteiger partial charge < -0.3 is 30.5 Å². The van der Waals surface area contributed by atoms with Crippen molar-refractivity contribution in [1.29, 1.82) is 0 Å². The molecule has 0 unspecified atom stereocenters. The molecule has 0 aliphatic carbocycles. The first-order valence-electron chi connectivity index (χ1n) is 11.4. The van der Waals surface area contributed by atoms with E-state index in [1.54, 1.807) is 7.11 Å². The average molecular weight is 462 g/mol. The minimum atomic E-state index is -0.128. The third kappa shape index (κ3) is 4.75. The van der Waals surface area contributed by atoms with Crippen molar-refractivity contribution in [2.24, 2.45) is 0 Å². The van der Waals surface area contributed by atoms with Crippen LogP contribution in [0.2, 0.25) is 0 Å². The lowest BCUT2D eigenvalue weighted by atomic mass is 10.1. The molecule has 1 saturated heterocycles. The van der Waals surface area contributed by atoms with Crippen molar-refractivity contribution >= 4 is 16.9 Å².